The summed E-state index contributed by atoms with van der Waals surface area (Å²) in [6, 6.07) is 0. The van der Waals surface area contributed by atoms with Gasteiger partial charge in [0.1, 0.15) is 6.10 Å². The quantitative estimate of drug-likeness (QED) is 0.544. The molecule has 1 aliphatic rings. The second-order valence-corrected chi connectivity index (χ2v) is 3.19. The van der Waals surface area contributed by atoms with Crippen LogP contribution in [0.3, 0.4) is 0 Å². The average molecular weight is 199 g/mol. The Bertz CT molecular complexity index is 224. The SMILES string of the molecule is O=[N+]([O-])C[C@H](O)C1(C(F)(F)F)CC1. The normalized spacial score (nSPS) is 22.5. The molecule has 1 fully saturated rings. The standard InChI is InChI=1S/C6H8F3NO3/c7-6(8,9)5(1-2-5)4(11)3-10(12)13/h4,11H,1-3H2/t4-/m0/s1. The zero-order valence-corrected chi connectivity index (χ0v) is 6.54. The smallest absolute Gasteiger partial charge is 0.385 e. The first-order valence-corrected chi connectivity index (χ1v) is 3.66. The number of aliphatic hydroxyl groups excluding tert-OH is 1. The lowest BCUT2D eigenvalue weighted by atomic mass is 9.99. The Labute approximate surface area is 71.5 Å². The monoisotopic (exact) mass is 199 g/mol. The average Bonchev–Trinajstić information content (AvgIpc) is 2.60. The van der Waals surface area contributed by atoms with Crippen LogP contribution in [-0.4, -0.2) is 28.9 Å². The van der Waals surface area contributed by atoms with Crippen molar-refractivity contribution >= 4 is 0 Å². The highest BCUT2D eigenvalue weighted by Crippen LogP contribution is 2.59. The number of hydrogen-bond donors (Lipinski definition) is 1. The van der Waals surface area contributed by atoms with Crippen LogP contribution in [0.15, 0.2) is 0 Å². The molecule has 0 aromatic rings. The number of aliphatic hydroxyl groups is 1. The molecule has 1 N–H and O–H groups in total. The molecule has 0 bridgehead atoms. The number of alkyl halides is 3. The van der Waals surface area contributed by atoms with Crippen LogP contribution >= 0.6 is 0 Å². The molecule has 13 heavy (non-hydrogen) atoms. The topological polar surface area (TPSA) is 63.4 Å². The summed E-state index contributed by atoms with van der Waals surface area (Å²) in [7, 11) is 0. The third kappa shape index (κ3) is 1.74. The van der Waals surface area contributed by atoms with Crippen LogP contribution in [0, 0.1) is 15.5 Å². The van der Waals surface area contributed by atoms with E-state index in [0.29, 0.717) is 0 Å². The lowest BCUT2D eigenvalue weighted by molar-refractivity contribution is -0.496. The third-order valence-electron chi connectivity index (χ3n) is 2.31. The molecule has 0 spiro atoms. The van der Waals surface area contributed by atoms with Gasteiger partial charge in [-0.15, -0.1) is 0 Å². The minimum absolute atomic E-state index is 0.217. The van der Waals surface area contributed by atoms with Crippen LogP contribution in [0.2, 0.25) is 0 Å². The summed E-state index contributed by atoms with van der Waals surface area (Å²) in [5.74, 6) is 0. The van der Waals surface area contributed by atoms with Crippen LogP contribution in [0.4, 0.5) is 13.2 Å². The van der Waals surface area contributed by atoms with Gasteiger partial charge in [-0.3, -0.25) is 10.1 Å². The predicted octanol–water partition coefficient (Wildman–Crippen LogP) is 0.967. The van der Waals surface area contributed by atoms with Crippen LogP contribution < -0.4 is 0 Å². The fraction of sp³-hybridized carbons (Fsp3) is 1.00. The number of halogens is 3. The Morgan fingerprint density at radius 2 is 2.00 bits per heavy atom. The fourth-order valence-electron chi connectivity index (χ4n) is 1.26. The molecule has 0 unspecified atom stereocenters. The van der Waals surface area contributed by atoms with E-state index in [-0.39, 0.29) is 12.8 Å². The molecule has 7 heteroatoms. The zero-order chi connectivity index (χ0) is 10.3. The van der Waals surface area contributed by atoms with Crippen molar-refractivity contribution in [1.29, 1.82) is 0 Å². The minimum atomic E-state index is -4.54. The van der Waals surface area contributed by atoms with E-state index in [0.717, 1.165) is 0 Å². The van der Waals surface area contributed by atoms with E-state index in [1.165, 1.54) is 0 Å². The molecule has 1 rings (SSSR count). The van der Waals surface area contributed by atoms with Gasteiger partial charge in [0.2, 0.25) is 6.54 Å². The summed E-state index contributed by atoms with van der Waals surface area (Å²) in [6.45, 7) is -1.04. The second kappa shape index (κ2) is 2.83. The largest absolute Gasteiger partial charge is 0.397 e. The first-order valence-electron chi connectivity index (χ1n) is 3.66. The maximum Gasteiger partial charge on any atom is 0.397 e. The molecule has 4 nitrogen and oxygen atoms in total. The Morgan fingerprint density at radius 3 is 2.23 bits per heavy atom. The summed E-state index contributed by atoms with van der Waals surface area (Å²) in [5, 5.41) is 18.9. The first-order chi connectivity index (χ1) is 5.79. The molecule has 1 saturated carbocycles. The molecule has 76 valence electrons. The molecule has 1 aliphatic carbocycles. The second-order valence-electron chi connectivity index (χ2n) is 3.19. The Balaban J connectivity index is 2.65. The van der Waals surface area contributed by atoms with Gasteiger partial charge in [0, 0.05) is 4.92 Å². The van der Waals surface area contributed by atoms with E-state index in [4.69, 9.17) is 5.11 Å². The highest BCUT2D eigenvalue weighted by Gasteiger charge is 2.68. The van der Waals surface area contributed by atoms with Gasteiger partial charge in [0.25, 0.3) is 0 Å². The third-order valence-corrected chi connectivity index (χ3v) is 2.31. The van der Waals surface area contributed by atoms with Crippen molar-refractivity contribution in [1.82, 2.24) is 0 Å². The van der Waals surface area contributed by atoms with Gasteiger partial charge in [0.15, 0.2) is 0 Å². The number of nitrogens with zero attached hydrogens (tertiary/aromatic N) is 1. The Hall–Kier alpha value is -0.850. The van der Waals surface area contributed by atoms with Gasteiger partial charge in [0.05, 0.1) is 5.41 Å². The van der Waals surface area contributed by atoms with Gasteiger partial charge < -0.3 is 5.11 Å². The predicted molar refractivity (Wildman–Crippen MR) is 35.6 cm³/mol. The maximum absolute atomic E-state index is 12.2. The molecule has 0 radical (unpaired) electrons. The summed E-state index contributed by atoms with van der Waals surface area (Å²) >= 11 is 0. The lowest BCUT2D eigenvalue weighted by Crippen LogP contribution is -2.40. The first kappa shape index (κ1) is 10.2. The molecule has 0 saturated heterocycles. The van der Waals surface area contributed by atoms with Gasteiger partial charge >= 0.3 is 6.18 Å². The van der Waals surface area contributed by atoms with E-state index in [1.54, 1.807) is 0 Å². The highest BCUT2D eigenvalue weighted by molar-refractivity contribution is 5.04. The number of hydrogen-bond acceptors (Lipinski definition) is 3. The van der Waals surface area contributed by atoms with E-state index in [1.807, 2.05) is 0 Å². The van der Waals surface area contributed by atoms with Crippen molar-refractivity contribution in [2.75, 3.05) is 6.54 Å². The number of nitro groups is 1. The van der Waals surface area contributed by atoms with Crippen molar-refractivity contribution in [3.63, 3.8) is 0 Å². The maximum atomic E-state index is 12.2. The summed E-state index contributed by atoms with van der Waals surface area (Å²) in [6.07, 6.45) is -6.89. The van der Waals surface area contributed by atoms with Gasteiger partial charge in [-0.2, -0.15) is 13.2 Å². The van der Waals surface area contributed by atoms with Gasteiger partial charge in [-0.05, 0) is 12.8 Å². The summed E-state index contributed by atoms with van der Waals surface area (Å²) in [5.41, 5.74) is -2.21. The van der Waals surface area contributed by atoms with Crippen molar-refractivity contribution in [3.8, 4) is 0 Å². The molecule has 0 aliphatic heterocycles. The van der Waals surface area contributed by atoms with Crippen molar-refractivity contribution in [2.45, 2.75) is 25.1 Å². The minimum Gasteiger partial charge on any atom is -0.385 e. The number of rotatable bonds is 3. The van der Waals surface area contributed by atoms with E-state index in [2.05, 4.69) is 0 Å². The van der Waals surface area contributed by atoms with Crippen LogP contribution in [0.1, 0.15) is 12.8 Å². The lowest BCUT2D eigenvalue weighted by Gasteiger charge is -2.21. The highest BCUT2D eigenvalue weighted by atomic mass is 19.4. The summed E-state index contributed by atoms with van der Waals surface area (Å²) < 4.78 is 36.6. The molecular formula is C6H8F3NO3. The van der Waals surface area contributed by atoms with Crippen molar-refractivity contribution in [3.05, 3.63) is 10.1 Å². The Morgan fingerprint density at radius 1 is 1.54 bits per heavy atom. The molecule has 0 heterocycles. The van der Waals surface area contributed by atoms with Crippen LogP contribution in [0.5, 0.6) is 0 Å². The molecule has 0 aromatic carbocycles. The molecule has 0 aromatic heterocycles. The molecular weight excluding hydrogens is 191 g/mol. The fourth-order valence-corrected chi connectivity index (χ4v) is 1.26. The Kier molecular flexibility index (Phi) is 2.23. The van der Waals surface area contributed by atoms with Crippen molar-refractivity contribution in [2.24, 2.45) is 5.41 Å². The molecule has 1 atom stereocenters. The molecule has 0 amide bonds. The van der Waals surface area contributed by atoms with Gasteiger partial charge in [-0.25, -0.2) is 0 Å². The zero-order valence-electron chi connectivity index (χ0n) is 6.54. The van der Waals surface area contributed by atoms with Crippen molar-refractivity contribution < 1.29 is 23.2 Å². The van der Waals surface area contributed by atoms with E-state index < -0.39 is 29.2 Å². The van der Waals surface area contributed by atoms with E-state index in [9.17, 15) is 23.3 Å². The van der Waals surface area contributed by atoms with Gasteiger partial charge in [-0.1, -0.05) is 0 Å². The van der Waals surface area contributed by atoms with E-state index >= 15 is 0 Å². The van der Waals surface area contributed by atoms with Crippen LogP contribution in [-0.2, 0) is 0 Å². The van der Waals surface area contributed by atoms with Crippen LogP contribution in [0.25, 0.3) is 0 Å². The summed E-state index contributed by atoms with van der Waals surface area (Å²) in [4.78, 5) is 8.96.